The lowest BCUT2D eigenvalue weighted by Crippen LogP contribution is -2.56. The van der Waals surface area contributed by atoms with Gasteiger partial charge in [0, 0.05) is 41.6 Å². The van der Waals surface area contributed by atoms with Crippen molar-refractivity contribution in [2.24, 2.45) is 11.8 Å². The summed E-state index contributed by atoms with van der Waals surface area (Å²) in [5.74, 6) is 1.50. The van der Waals surface area contributed by atoms with E-state index in [0.717, 1.165) is 30.6 Å². The van der Waals surface area contributed by atoms with Crippen molar-refractivity contribution in [3.8, 4) is 5.75 Å². The predicted octanol–water partition coefficient (Wildman–Crippen LogP) is 4.34. The Kier molecular flexibility index (Phi) is 6.34. The quantitative estimate of drug-likeness (QED) is 0.564. The Balaban J connectivity index is 1.09. The van der Waals surface area contributed by atoms with E-state index in [1.54, 1.807) is 0 Å². The smallest absolute Gasteiger partial charge is 0.164 e. The standard InChI is InChI=1S/C31H44N2O6/c1-6-18-11-17-12-22-26-20(9-10-33(14-17)27(18)22)21-13-19(7-8-23(21)32-26)35-15-24(34)28-29(39-31(4,5)38-28)25-16-36-30(2,3)37-25/h7-8,13,17-18,22,24-25,27-29,32,34H,6,9-12,14-16H2,1-5H3/t17-,18-,22-,24-,25+,27?,28-,29+/m0/s1. The maximum Gasteiger partial charge on any atom is 0.164 e. The van der Waals surface area contributed by atoms with Crippen LogP contribution in [0.15, 0.2) is 18.2 Å². The number of aliphatic hydroxyl groups is 1. The van der Waals surface area contributed by atoms with Crippen LogP contribution in [0.3, 0.4) is 0 Å². The minimum absolute atomic E-state index is 0.105. The highest BCUT2D eigenvalue weighted by molar-refractivity contribution is 5.86. The number of aromatic amines is 1. The summed E-state index contributed by atoms with van der Waals surface area (Å²) in [7, 11) is 0. The van der Waals surface area contributed by atoms with E-state index in [-0.39, 0.29) is 12.7 Å². The van der Waals surface area contributed by atoms with Crippen LogP contribution in [0.25, 0.3) is 10.9 Å². The van der Waals surface area contributed by atoms with Gasteiger partial charge in [0.1, 0.15) is 36.8 Å². The summed E-state index contributed by atoms with van der Waals surface area (Å²) < 4.78 is 30.3. The zero-order valence-corrected chi connectivity index (χ0v) is 23.9. The Morgan fingerprint density at radius 2 is 1.97 bits per heavy atom. The molecule has 6 heterocycles. The first-order chi connectivity index (χ1) is 18.6. The van der Waals surface area contributed by atoms with E-state index >= 15 is 0 Å². The Bertz CT molecular complexity index is 1230. The van der Waals surface area contributed by atoms with Crippen molar-refractivity contribution >= 4 is 10.9 Å². The van der Waals surface area contributed by atoms with Crippen LogP contribution >= 0.6 is 0 Å². The van der Waals surface area contributed by atoms with Crippen molar-refractivity contribution < 1.29 is 28.8 Å². The third kappa shape index (κ3) is 4.61. The molecule has 2 aromatic rings. The van der Waals surface area contributed by atoms with E-state index < -0.39 is 29.9 Å². The topological polar surface area (TPSA) is 85.4 Å². The summed E-state index contributed by atoms with van der Waals surface area (Å²) in [5, 5.41) is 12.4. The molecule has 8 rings (SSSR count). The van der Waals surface area contributed by atoms with Gasteiger partial charge in [-0.1, -0.05) is 13.3 Å². The number of benzene rings is 1. The van der Waals surface area contributed by atoms with E-state index in [9.17, 15) is 5.11 Å². The zero-order valence-electron chi connectivity index (χ0n) is 23.9. The number of hydrogen-bond donors (Lipinski definition) is 2. The van der Waals surface area contributed by atoms with Crippen molar-refractivity contribution in [1.29, 1.82) is 0 Å². The molecule has 5 fully saturated rings. The lowest BCUT2D eigenvalue weighted by atomic mass is 9.65. The van der Waals surface area contributed by atoms with Gasteiger partial charge in [-0.2, -0.15) is 0 Å². The molecule has 1 aromatic carbocycles. The number of H-pyrrole nitrogens is 1. The van der Waals surface area contributed by atoms with Gasteiger partial charge in [0.25, 0.3) is 0 Å². The van der Waals surface area contributed by atoms with Gasteiger partial charge in [0.05, 0.1) is 6.61 Å². The fourth-order valence-corrected chi connectivity index (χ4v) is 8.32. The van der Waals surface area contributed by atoms with E-state index in [2.05, 4.69) is 28.9 Å². The first-order valence-corrected chi connectivity index (χ1v) is 15.0. The molecule has 1 saturated carbocycles. The summed E-state index contributed by atoms with van der Waals surface area (Å²) in [5.41, 5.74) is 4.10. The van der Waals surface area contributed by atoms with E-state index in [0.29, 0.717) is 18.6 Å². The summed E-state index contributed by atoms with van der Waals surface area (Å²) in [6, 6.07) is 6.96. The minimum atomic E-state index is -0.878. The maximum absolute atomic E-state index is 11.2. The monoisotopic (exact) mass is 540 g/mol. The van der Waals surface area contributed by atoms with Gasteiger partial charge in [-0.15, -0.1) is 0 Å². The Hall–Kier alpha value is -1.68. The molecule has 4 saturated heterocycles. The third-order valence-corrected chi connectivity index (χ3v) is 9.85. The molecule has 2 N–H and O–H groups in total. The van der Waals surface area contributed by atoms with Gasteiger partial charge in [-0.25, -0.2) is 0 Å². The molecule has 5 aliphatic heterocycles. The molecule has 1 aliphatic carbocycles. The van der Waals surface area contributed by atoms with Crippen molar-refractivity contribution in [3.63, 3.8) is 0 Å². The van der Waals surface area contributed by atoms with E-state index in [1.807, 2.05) is 33.8 Å². The maximum atomic E-state index is 11.2. The molecule has 6 aliphatic rings. The highest BCUT2D eigenvalue weighted by Gasteiger charge is 2.52. The number of hydrogen-bond acceptors (Lipinski definition) is 7. The summed E-state index contributed by atoms with van der Waals surface area (Å²) >= 11 is 0. The highest BCUT2D eigenvalue weighted by Crippen LogP contribution is 2.51. The number of nitrogens with one attached hydrogen (secondary N) is 1. The minimum Gasteiger partial charge on any atom is -0.491 e. The SMILES string of the molecule is CC[C@H]1C[C@H]2C[C@H]3c4[nH]c5ccc(OC[C@H](O)[C@@H]6OC(C)(C)O[C@@H]6[C@H]6COC(C)(C)O6)cc5c4CCN(C2)C13. The second kappa shape index (κ2) is 9.43. The second-order valence-corrected chi connectivity index (χ2v) is 13.4. The number of nitrogens with zero attached hydrogens (tertiary/aromatic N) is 1. The molecule has 0 radical (unpaired) electrons. The van der Waals surface area contributed by atoms with Crippen LogP contribution in [0, 0.1) is 11.8 Å². The lowest BCUT2D eigenvalue weighted by molar-refractivity contribution is -0.175. The highest BCUT2D eigenvalue weighted by atomic mass is 16.8. The molecule has 9 atom stereocenters. The van der Waals surface area contributed by atoms with Gasteiger partial charge in [0.2, 0.25) is 0 Å². The number of aliphatic hydroxyl groups excluding tert-OH is 1. The molecule has 8 heteroatoms. The Labute approximate surface area is 231 Å². The lowest BCUT2D eigenvalue weighted by Gasteiger charge is -2.53. The number of ether oxygens (including phenoxy) is 5. The van der Waals surface area contributed by atoms with Crippen molar-refractivity contribution in [1.82, 2.24) is 9.88 Å². The molecular weight excluding hydrogens is 496 g/mol. The average Bonchev–Trinajstić information content (AvgIpc) is 3.54. The normalized spacial score (nSPS) is 39.0. The average molecular weight is 541 g/mol. The first kappa shape index (κ1) is 26.2. The van der Waals surface area contributed by atoms with Gasteiger partial charge < -0.3 is 33.8 Å². The van der Waals surface area contributed by atoms with E-state index in [4.69, 9.17) is 23.7 Å². The number of rotatable bonds is 6. The largest absolute Gasteiger partial charge is 0.491 e. The summed E-state index contributed by atoms with van der Waals surface area (Å²) in [4.78, 5) is 6.62. The third-order valence-electron chi connectivity index (χ3n) is 9.85. The molecule has 0 amide bonds. The summed E-state index contributed by atoms with van der Waals surface area (Å²) in [6.45, 7) is 12.8. The van der Waals surface area contributed by atoms with Crippen LogP contribution in [-0.4, -0.2) is 83.3 Å². The van der Waals surface area contributed by atoms with Crippen LogP contribution in [0.5, 0.6) is 5.75 Å². The molecule has 4 bridgehead atoms. The van der Waals surface area contributed by atoms with Crippen LogP contribution in [0.4, 0.5) is 0 Å². The van der Waals surface area contributed by atoms with Gasteiger partial charge in [0.15, 0.2) is 11.6 Å². The number of aromatic nitrogens is 1. The molecule has 214 valence electrons. The van der Waals surface area contributed by atoms with Crippen LogP contribution < -0.4 is 4.74 Å². The number of piperidine rings is 2. The van der Waals surface area contributed by atoms with Gasteiger partial charge >= 0.3 is 0 Å². The predicted molar refractivity (Wildman–Crippen MR) is 147 cm³/mol. The fourth-order valence-electron chi connectivity index (χ4n) is 8.32. The summed E-state index contributed by atoms with van der Waals surface area (Å²) in [6.07, 6.45) is 2.83. The Morgan fingerprint density at radius 3 is 2.74 bits per heavy atom. The number of fused-ring (bicyclic) bond motifs is 4. The molecule has 39 heavy (non-hydrogen) atoms. The second-order valence-electron chi connectivity index (χ2n) is 13.4. The van der Waals surface area contributed by atoms with Crippen molar-refractivity contribution in [3.05, 3.63) is 29.5 Å². The zero-order chi connectivity index (χ0) is 27.1. The van der Waals surface area contributed by atoms with Crippen LogP contribution in [-0.2, 0) is 25.4 Å². The van der Waals surface area contributed by atoms with Crippen molar-refractivity contribution in [2.45, 2.75) is 108 Å². The molecule has 8 nitrogen and oxygen atoms in total. The molecule has 1 aromatic heterocycles. The van der Waals surface area contributed by atoms with Crippen LogP contribution in [0.2, 0.25) is 0 Å². The van der Waals surface area contributed by atoms with Crippen molar-refractivity contribution in [2.75, 3.05) is 26.3 Å². The first-order valence-electron chi connectivity index (χ1n) is 15.0. The molecular formula is C31H44N2O6. The fraction of sp³-hybridized carbons (Fsp3) is 0.742. The van der Waals surface area contributed by atoms with Gasteiger partial charge in [-0.3, -0.25) is 4.90 Å². The van der Waals surface area contributed by atoms with Crippen LogP contribution in [0.1, 0.15) is 71.1 Å². The Morgan fingerprint density at radius 1 is 1.13 bits per heavy atom. The van der Waals surface area contributed by atoms with Gasteiger partial charge in [-0.05, 0) is 82.6 Å². The molecule has 0 spiro atoms. The van der Waals surface area contributed by atoms with E-state index in [1.165, 1.54) is 48.0 Å². The molecule has 2 unspecified atom stereocenters.